The molecule has 3 heteroatoms. The Morgan fingerprint density at radius 2 is 2.31 bits per heavy atom. The van der Waals surface area contributed by atoms with Crippen LogP contribution in [0.1, 0.15) is 46.0 Å². The number of hydrogen-bond donors (Lipinski definition) is 1. The van der Waals surface area contributed by atoms with Crippen molar-refractivity contribution < 1.29 is 4.74 Å². The summed E-state index contributed by atoms with van der Waals surface area (Å²) in [6.45, 7) is 5.31. The van der Waals surface area contributed by atoms with E-state index in [4.69, 9.17) is 10.00 Å². The Bertz CT molecular complexity index is 247. The zero-order valence-corrected chi connectivity index (χ0v) is 10.8. The van der Waals surface area contributed by atoms with E-state index < -0.39 is 0 Å². The van der Waals surface area contributed by atoms with Gasteiger partial charge in [-0.2, -0.15) is 5.26 Å². The van der Waals surface area contributed by atoms with Crippen molar-refractivity contribution in [3.05, 3.63) is 0 Å². The van der Waals surface area contributed by atoms with Crippen molar-refractivity contribution in [2.24, 2.45) is 5.92 Å². The molecule has 2 unspecified atom stereocenters. The lowest BCUT2D eigenvalue weighted by Gasteiger charge is -2.19. The Labute approximate surface area is 99.2 Å². The SMILES string of the molecule is CNC1(C#N)CCC(OCCCC(C)C)C1. The maximum Gasteiger partial charge on any atom is 0.109 e. The Hall–Kier alpha value is -0.590. The minimum absolute atomic E-state index is 0.277. The van der Waals surface area contributed by atoms with Crippen molar-refractivity contribution in [3.63, 3.8) is 0 Å². The summed E-state index contributed by atoms with van der Waals surface area (Å²) in [4.78, 5) is 0. The molecule has 1 N–H and O–H groups in total. The van der Waals surface area contributed by atoms with E-state index in [0.29, 0.717) is 0 Å². The highest BCUT2D eigenvalue weighted by Gasteiger charge is 2.38. The molecule has 0 saturated heterocycles. The topological polar surface area (TPSA) is 45.0 Å². The van der Waals surface area contributed by atoms with Crippen molar-refractivity contribution in [2.45, 2.75) is 57.6 Å². The van der Waals surface area contributed by atoms with Crippen LogP contribution in [0.25, 0.3) is 0 Å². The molecule has 0 aromatic heterocycles. The molecule has 0 aliphatic heterocycles. The molecule has 1 fully saturated rings. The van der Waals surface area contributed by atoms with Crippen LogP contribution in [-0.4, -0.2) is 25.3 Å². The van der Waals surface area contributed by atoms with Gasteiger partial charge in [-0.05, 0) is 38.6 Å². The fourth-order valence-corrected chi connectivity index (χ4v) is 2.27. The minimum atomic E-state index is -0.331. The first-order chi connectivity index (χ1) is 7.62. The zero-order chi connectivity index (χ0) is 12.0. The van der Waals surface area contributed by atoms with Gasteiger partial charge in [-0.25, -0.2) is 0 Å². The van der Waals surface area contributed by atoms with Gasteiger partial charge in [-0.15, -0.1) is 0 Å². The number of ether oxygens (including phenoxy) is 1. The largest absolute Gasteiger partial charge is 0.378 e. The maximum absolute atomic E-state index is 9.11. The van der Waals surface area contributed by atoms with Crippen LogP contribution >= 0.6 is 0 Å². The van der Waals surface area contributed by atoms with E-state index in [-0.39, 0.29) is 11.6 Å². The average molecular weight is 224 g/mol. The fourth-order valence-electron chi connectivity index (χ4n) is 2.27. The van der Waals surface area contributed by atoms with E-state index in [2.05, 4.69) is 25.2 Å². The predicted molar refractivity (Wildman–Crippen MR) is 65.1 cm³/mol. The molecule has 2 atom stereocenters. The van der Waals surface area contributed by atoms with Gasteiger partial charge in [0, 0.05) is 13.0 Å². The van der Waals surface area contributed by atoms with Crippen LogP contribution in [0.4, 0.5) is 0 Å². The molecule has 0 heterocycles. The summed E-state index contributed by atoms with van der Waals surface area (Å²) >= 11 is 0. The van der Waals surface area contributed by atoms with Crippen molar-refractivity contribution in [3.8, 4) is 6.07 Å². The number of nitrogens with zero attached hydrogens (tertiary/aromatic N) is 1. The third-order valence-electron chi connectivity index (χ3n) is 3.44. The smallest absolute Gasteiger partial charge is 0.109 e. The first kappa shape index (κ1) is 13.5. The van der Waals surface area contributed by atoms with Crippen molar-refractivity contribution in [1.82, 2.24) is 5.32 Å². The average Bonchev–Trinajstić information content (AvgIpc) is 2.69. The third kappa shape index (κ3) is 3.77. The first-order valence-corrected chi connectivity index (χ1v) is 6.33. The van der Waals surface area contributed by atoms with Gasteiger partial charge in [0.2, 0.25) is 0 Å². The lowest BCUT2D eigenvalue weighted by atomic mass is 10.0. The number of nitrogens with one attached hydrogen (secondary N) is 1. The molecule has 1 rings (SSSR count). The molecule has 0 bridgehead atoms. The van der Waals surface area contributed by atoms with Gasteiger partial charge >= 0.3 is 0 Å². The molecule has 1 saturated carbocycles. The Balaban J connectivity index is 2.19. The molecule has 0 aromatic carbocycles. The van der Waals surface area contributed by atoms with Crippen LogP contribution in [-0.2, 0) is 4.74 Å². The van der Waals surface area contributed by atoms with Crippen LogP contribution in [0, 0.1) is 17.2 Å². The van der Waals surface area contributed by atoms with E-state index in [1.807, 2.05) is 7.05 Å². The molecule has 1 aliphatic rings. The van der Waals surface area contributed by atoms with Crippen molar-refractivity contribution in [1.29, 1.82) is 5.26 Å². The highest BCUT2D eigenvalue weighted by molar-refractivity contribution is 5.11. The Kier molecular flexibility index (Phi) is 5.24. The highest BCUT2D eigenvalue weighted by atomic mass is 16.5. The molecule has 0 amide bonds. The number of rotatable bonds is 6. The van der Waals surface area contributed by atoms with Crippen molar-refractivity contribution in [2.75, 3.05) is 13.7 Å². The molecule has 1 aliphatic carbocycles. The number of nitriles is 1. The summed E-state index contributed by atoms with van der Waals surface area (Å²) < 4.78 is 5.82. The first-order valence-electron chi connectivity index (χ1n) is 6.33. The Morgan fingerprint density at radius 1 is 1.56 bits per heavy atom. The van der Waals surface area contributed by atoms with Gasteiger partial charge in [0.25, 0.3) is 0 Å². The molecule has 0 spiro atoms. The second-order valence-corrected chi connectivity index (χ2v) is 5.22. The fraction of sp³-hybridized carbons (Fsp3) is 0.923. The lowest BCUT2D eigenvalue weighted by Crippen LogP contribution is -2.39. The molecule has 16 heavy (non-hydrogen) atoms. The third-order valence-corrected chi connectivity index (χ3v) is 3.44. The van der Waals surface area contributed by atoms with Gasteiger partial charge < -0.3 is 10.1 Å². The quantitative estimate of drug-likeness (QED) is 0.705. The Morgan fingerprint density at radius 3 is 2.81 bits per heavy atom. The van der Waals surface area contributed by atoms with Crippen LogP contribution in [0.15, 0.2) is 0 Å². The molecule has 0 radical (unpaired) electrons. The minimum Gasteiger partial charge on any atom is -0.378 e. The van der Waals surface area contributed by atoms with Gasteiger partial charge in [0.15, 0.2) is 0 Å². The van der Waals surface area contributed by atoms with E-state index in [0.717, 1.165) is 38.2 Å². The molecule has 3 nitrogen and oxygen atoms in total. The van der Waals surface area contributed by atoms with E-state index in [1.54, 1.807) is 0 Å². The van der Waals surface area contributed by atoms with Gasteiger partial charge in [0.05, 0.1) is 12.2 Å². The standard InChI is InChI=1S/C13H24N2O/c1-11(2)5-4-8-16-12-6-7-13(9-12,10-14)15-3/h11-12,15H,4-9H2,1-3H3. The summed E-state index contributed by atoms with van der Waals surface area (Å²) in [5.74, 6) is 0.752. The summed E-state index contributed by atoms with van der Waals surface area (Å²) in [5.41, 5.74) is -0.331. The maximum atomic E-state index is 9.11. The molecule has 0 aromatic rings. The van der Waals surface area contributed by atoms with Crippen LogP contribution in [0.3, 0.4) is 0 Å². The van der Waals surface area contributed by atoms with E-state index in [1.165, 1.54) is 6.42 Å². The second-order valence-electron chi connectivity index (χ2n) is 5.22. The van der Waals surface area contributed by atoms with Crippen LogP contribution in [0.2, 0.25) is 0 Å². The number of hydrogen-bond acceptors (Lipinski definition) is 3. The summed E-state index contributed by atoms with van der Waals surface area (Å²) in [5, 5.41) is 12.2. The van der Waals surface area contributed by atoms with Gasteiger partial charge in [-0.3, -0.25) is 0 Å². The summed E-state index contributed by atoms with van der Waals surface area (Å²) in [6, 6.07) is 2.37. The summed E-state index contributed by atoms with van der Waals surface area (Å²) in [6.07, 6.45) is 5.39. The normalized spacial score (nSPS) is 29.6. The summed E-state index contributed by atoms with van der Waals surface area (Å²) in [7, 11) is 1.87. The molecule has 92 valence electrons. The van der Waals surface area contributed by atoms with Crippen molar-refractivity contribution >= 4 is 0 Å². The monoisotopic (exact) mass is 224 g/mol. The predicted octanol–water partition coefficient (Wildman–Crippen LogP) is 2.47. The zero-order valence-electron chi connectivity index (χ0n) is 10.8. The lowest BCUT2D eigenvalue weighted by molar-refractivity contribution is 0.0511. The molecular weight excluding hydrogens is 200 g/mol. The molecular formula is C13H24N2O. The van der Waals surface area contributed by atoms with Gasteiger partial charge in [-0.1, -0.05) is 13.8 Å². The van der Waals surface area contributed by atoms with Crippen LogP contribution in [0.5, 0.6) is 0 Å². The highest BCUT2D eigenvalue weighted by Crippen LogP contribution is 2.31. The van der Waals surface area contributed by atoms with Gasteiger partial charge in [0.1, 0.15) is 5.54 Å². The van der Waals surface area contributed by atoms with E-state index in [9.17, 15) is 0 Å². The van der Waals surface area contributed by atoms with E-state index >= 15 is 0 Å². The van der Waals surface area contributed by atoms with Crippen LogP contribution < -0.4 is 5.32 Å². The second kappa shape index (κ2) is 6.22.